The lowest BCUT2D eigenvalue weighted by Crippen LogP contribution is -2.12. The minimum absolute atomic E-state index is 0.0212. The zero-order valence-corrected chi connectivity index (χ0v) is 16.2. The average molecular weight is 375 g/mol. The van der Waals surface area contributed by atoms with E-state index in [2.05, 4.69) is 15.6 Å². The Kier molecular flexibility index (Phi) is 6.63. The van der Waals surface area contributed by atoms with Crippen LogP contribution in [0.25, 0.3) is 0 Å². The molecule has 2 aromatic carbocycles. The Morgan fingerprint density at radius 1 is 0.964 bits per heavy atom. The number of amides is 1. The van der Waals surface area contributed by atoms with Gasteiger partial charge in [-0.25, -0.2) is 4.98 Å². The zero-order valence-electron chi connectivity index (χ0n) is 16.2. The van der Waals surface area contributed by atoms with E-state index in [-0.39, 0.29) is 12.0 Å². The highest BCUT2D eigenvalue weighted by Gasteiger charge is 2.04. The molecule has 0 unspecified atom stereocenters. The van der Waals surface area contributed by atoms with Crippen molar-refractivity contribution in [1.29, 1.82) is 0 Å². The van der Waals surface area contributed by atoms with E-state index in [0.717, 1.165) is 23.4 Å². The Morgan fingerprint density at radius 2 is 1.68 bits per heavy atom. The Balaban J connectivity index is 1.49. The summed E-state index contributed by atoms with van der Waals surface area (Å²) >= 11 is 0. The molecule has 0 atom stereocenters. The van der Waals surface area contributed by atoms with Gasteiger partial charge in [-0.3, -0.25) is 4.79 Å². The molecule has 5 nitrogen and oxygen atoms in total. The van der Waals surface area contributed by atoms with Gasteiger partial charge in [0.2, 0.25) is 5.91 Å². The van der Waals surface area contributed by atoms with Crippen molar-refractivity contribution in [2.45, 2.75) is 32.8 Å². The summed E-state index contributed by atoms with van der Waals surface area (Å²) in [7, 11) is 0. The standard InChI is InChI=1S/C23H25N3O2/c1-17(2)28-21-12-9-19(10-13-21)25-22-14-11-20(16-24-22)26-23(27)15-8-18-6-4-3-5-7-18/h3-7,9-14,16-17H,8,15H2,1-2H3,(H,24,25)(H,26,27). The van der Waals surface area contributed by atoms with E-state index in [1.54, 1.807) is 6.20 Å². The van der Waals surface area contributed by atoms with Gasteiger partial charge < -0.3 is 15.4 Å². The summed E-state index contributed by atoms with van der Waals surface area (Å²) in [6.45, 7) is 4.00. The van der Waals surface area contributed by atoms with E-state index in [1.165, 1.54) is 0 Å². The molecule has 0 bridgehead atoms. The quantitative estimate of drug-likeness (QED) is 0.569. The van der Waals surface area contributed by atoms with Crippen LogP contribution in [0.15, 0.2) is 72.9 Å². The molecule has 28 heavy (non-hydrogen) atoms. The van der Waals surface area contributed by atoms with Gasteiger partial charge in [-0.05, 0) is 62.2 Å². The summed E-state index contributed by atoms with van der Waals surface area (Å²) in [4.78, 5) is 16.5. The smallest absolute Gasteiger partial charge is 0.224 e. The summed E-state index contributed by atoms with van der Waals surface area (Å²) in [6, 6.07) is 21.4. The summed E-state index contributed by atoms with van der Waals surface area (Å²) < 4.78 is 5.64. The van der Waals surface area contributed by atoms with E-state index >= 15 is 0 Å². The Hall–Kier alpha value is -3.34. The Bertz CT molecular complexity index is 876. The number of pyridine rings is 1. The van der Waals surface area contributed by atoms with Crippen molar-refractivity contribution in [3.05, 3.63) is 78.5 Å². The third kappa shape index (κ3) is 6.13. The molecule has 3 rings (SSSR count). The maximum Gasteiger partial charge on any atom is 0.224 e. The number of aryl methyl sites for hydroxylation is 1. The molecule has 1 amide bonds. The van der Waals surface area contributed by atoms with Gasteiger partial charge in [0.1, 0.15) is 11.6 Å². The van der Waals surface area contributed by atoms with Crippen molar-refractivity contribution in [2.24, 2.45) is 0 Å². The van der Waals surface area contributed by atoms with Crippen molar-refractivity contribution in [1.82, 2.24) is 4.98 Å². The average Bonchev–Trinajstić information content (AvgIpc) is 2.70. The number of hydrogen-bond acceptors (Lipinski definition) is 4. The third-order valence-corrected chi connectivity index (χ3v) is 4.03. The van der Waals surface area contributed by atoms with Crippen LogP contribution < -0.4 is 15.4 Å². The molecule has 0 aliphatic heterocycles. The number of nitrogens with zero attached hydrogens (tertiary/aromatic N) is 1. The second-order valence-electron chi connectivity index (χ2n) is 6.78. The van der Waals surface area contributed by atoms with Crippen molar-refractivity contribution >= 4 is 23.1 Å². The van der Waals surface area contributed by atoms with Gasteiger partial charge in [-0.1, -0.05) is 30.3 Å². The number of benzene rings is 2. The molecule has 0 fully saturated rings. The summed E-state index contributed by atoms with van der Waals surface area (Å²) in [5.41, 5.74) is 2.76. The van der Waals surface area contributed by atoms with Gasteiger partial charge in [0.15, 0.2) is 0 Å². The minimum Gasteiger partial charge on any atom is -0.491 e. The molecule has 144 valence electrons. The van der Waals surface area contributed by atoms with Gasteiger partial charge in [-0.15, -0.1) is 0 Å². The molecule has 0 aliphatic rings. The molecule has 5 heteroatoms. The van der Waals surface area contributed by atoms with E-state index in [4.69, 9.17) is 4.74 Å². The van der Waals surface area contributed by atoms with Crippen LogP contribution in [-0.4, -0.2) is 17.0 Å². The minimum atomic E-state index is -0.0212. The molecule has 0 radical (unpaired) electrons. The molecular formula is C23H25N3O2. The largest absolute Gasteiger partial charge is 0.491 e. The molecule has 1 aromatic heterocycles. The van der Waals surface area contributed by atoms with Crippen molar-refractivity contribution < 1.29 is 9.53 Å². The molecule has 3 aromatic rings. The molecule has 0 saturated carbocycles. The highest BCUT2D eigenvalue weighted by atomic mass is 16.5. The van der Waals surface area contributed by atoms with Gasteiger partial charge in [0, 0.05) is 12.1 Å². The molecule has 0 aliphatic carbocycles. The summed E-state index contributed by atoms with van der Waals surface area (Å²) in [5, 5.41) is 6.12. The second kappa shape index (κ2) is 9.55. The highest BCUT2D eigenvalue weighted by molar-refractivity contribution is 5.90. The molecular weight excluding hydrogens is 350 g/mol. The van der Waals surface area contributed by atoms with Crippen LogP contribution >= 0.6 is 0 Å². The number of aromatic nitrogens is 1. The number of carbonyl (C=O) groups is 1. The fourth-order valence-corrected chi connectivity index (χ4v) is 2.70. The first-order valence-electron chi connectivity index (χ1n) is 9.42. The van der Waals surface area contributed by atoms with Crippen LogP contribution in [0.2, 0.25) is 0 Å². The monoisotopic (exact) mass is 375 g/mol. The van der Waals surface area contributed by atoms with Crippen LogP contribution in [-0.2, 0) is 11.2 Å². The topological polar surface area (TPSA) is 63.2 Å². The Labute approximate surface area is 165 Å². The van der Waals surface area contributed by atoms with E-state index in [1.807, 2.05) is 80.6 Å². The fraction of sp³-hybridized carbons (Fsp3) is 0.217. The SMILES string of the molecule is CC(C)Oc1ccc(Nc2ccc(NC(=O)CCc3ccccc3)cn2)cc1. The number of hydrogen-bond donors (Lipinski definition) is 2. The van der Waals surface area contributed by atoms with Crippen LogP contribution in [0.3, 0.4) is 0 Å². The van der Waals surface area contributed by atoms with Crippen LogP contribution in [0.4, 0.5) is 17.2 Å². The van der Waals surface area contributed by atoms with Crippen LogP contribution in [0.1, 0.15) is 25.8 Å². The van der Waals surface area contributed by atoms with Gasteiger partial charge in [0.25, 0.3) is 0 Å². The zero-order chi connectivity index (χ0) is 19.8. The number of nitrogens with one attached hydrogen (secondary N) is 2. The van der Waals surface area contributed by atoms with Gasteiger partial charge in [0.05, 0.1) is 18.0 Å². The lowest BCUT2D eigenvalue weighted by Gasteiger charge is -2.11. The summed E-state index contributed by atoms with van der Waals surface area (Å²) in [6.07, 6.45) is 2.96. The molecule has 1 heterocycles. The summed E-state index contributed by atoms with van der Waals surface area (Å²) in [5.74, 6) is 1.52. The Morgan fingerprint density at radius 3 is 2.32 bits per heavy atom. The van der Waals surface area contributed by atoms with E-state index < -0.39 is 0 Å². The highest BCUT2D eigenvalue weighted by Crippen LogP contribution is 2.20. The normalized spacial score (nSPS) is 10.5. The van der Waals surface area contributed by atoms with E-state index in [9.17, 15) is 4.79 Å². The lowest BCUT2D eigenvalue weighted by molar-refractivity contribution is -0.116. The maximum absolute atomic E-state index is 12.1. The van der Waals surface area contributed by atoms with Crippen molar-refractivity contribution in [3.8, 4) is 5.75 Å². The predicted octanol–water partition coefficient (Wildman–Crippen LogP) is 5.18. The number of anilines is 3. The first-order chi connectivity index (χ1) is 13.6. The van der Waals surface area contributed by atoms with Crippen molar-refractivity contribution in [2.75, 3.05) is 10.6 Å². The first kappa shape index (κ1) is 19.4. The maximum atomic E-state index is 12.1. The van der Waals surface area contributed by atoms with Crippen LogP contribution in [0.5, 0.6) is 5.75 Å². The second-order valence-corrected chi connectivity index (χ2v) is 6.78. The third-order valence-electron chi connectivity index (χ3n) is 4.03. The van der Waals surface area contributed by atoms with Gasteiger partial charge in [-0.2, -0.15) is 0 Å². The predicted molar refractivity (Wildman–Crippen MR) is 113 cm³/mol. The van der Waals surface area contributed by atoms with Crippen LogP contribution in [0, 0.1) is 0 Å². The number of carbonyl (C=O) groups excluding carboxylic acids is 1. The first-order valence-corrected chi connectivity index (χ1v) is 9.42. The lowest BCUT2D eigenvalue weighted by atomic mass is 10.1. The van der Waals surface area contributed by atoms with Crippen molar-refractivity contribution in [3.63, 3.8) is 0 Å². The molecule has 0 spiro atoms. The fourth-order valence-electron chi connectivity index (χ4n) is 2.70. The molecule has 2 N–H and O–H groups in total. The number of ether oxygens (including phenoxy) is 1. The number of rotatable bonds is 8. The molecule has 0 saturated heterocycles. The van der Waals surface area contributed by atoms with Gasteiger partial charge >= 0.3 is 0 Å². The van der Waals surface area contributed by atoms with E-state index in [0.29, 0.717) is 17.9 Å².